The van der Waals surface area contributed by atoms with Crippen LogP contribution >= 0.6 is 11.6 Å². The number of amides is 6. The molecule has 5 N–H and O–H groups in total. The lowest BCUT2D eigenvalue weighted by Crippen LogP contribution is -2.52. The fourth-order valence-electron chi connectivity index (χ4n) is 4.13. The van der Waals surface area contributed by atoms with Gasteiger partial charge in [-0.1, -0.05) is 0 Å². The first-order valence-corrected chi connectivity index (χ1v) is 16.1. The summed E-state index contributed by atoms with van der Waals surface area (Å²) in [7, 11) is 0. The van der Waals surface area contributed by atoms with Gasteiger partial charge in [-0.3, -0.25) is 24.4 Å². The van der Waals surface area contributed by atoms with E-state index < -0.39 is 40.6 Å². The molecule has 4 rings (SSSR count). The summed E-state index contributed by atoms with van der Waals surface area (Å²) in [4.78, 5) is 81.7. The van der Waals surface area contributed by atoms with Gasteiger partial charge >= 0.3 is 23.6 Å². The van der Waals surface area contributed by atoms with Crippen LogP contribution in [0.3, 0.4) is 0 Å². The van der Waals surface area contributed by atoms with Crippen molar-refractivity contribution in [3.63, 3.8) is 0 Å². The first-order valence-electron chi connectivity index (χ1n) is 15.7. The summed E-state index contributed by atoms with van der Waals surface area (Å²) in [5, 5.41) is 8.32. The summed E-state index contributed by atoms with van der Waals surface area (Å²) >= 11 is 5.34. The molecule has 2 aromatic rings. The van der Waals surface area contributed by atoms with Crippen LogP contribution in [0.1, 0.15) is 62.3 Å². The van der Waals surface area contributed by atoms with Crippen LogP contribution in [0.25, 0.3) is 0 Å². The molecule has 0 bridgehead atoms. The van der Waals surface area contributed by atoms with Gasteiger partial charge in [0.2, 0.25) is 11.8 Å². The number of halogens is 1. The molecule has 4 heterocycles. The van der Waals surface area contributed by atoms with Crippen molar-refractivity contribution >= 4 is 47.1 Å². The summed E-state index contributed by atoms with van der Waals surface area (Å²) in [6.07, 6.45) is 3.81. The number of primary amides is 2. The van der Waals surface area contributed by atoms with Crippen molar-refractivity contribution in [3.8, 4) is 11.5 Å². The zero-order valence-corrected chi connectivity index (χ0v) is 30.2. The van der Waals surface area contributed by atoms with E-state index in [0.717, 1.165) is 0 Å². The SMILES string of the molecule is CC(C)(C)OC(=O)N1CCN(C(=O)Cl)CC1.CC(C)(C)OC(=O)N1CCN(C(=O)Oc2cncc(C(N)=O)c2)CC1.NC(=O)c1cncc(O)c1. The number of hydrogen-bond acceptors (Lipinski definition) is 12. The molecule has 0 spiro atoms. The normalized spacial score (nSPS) is 14.5. The third-order valence-corrected chi connectivity index (χ3v) is 6.82. The van der Waals surface area contributed by atoms with E-state index in [1.54, 1.807) is 30.6 Å². The van der Waals surface area contributed by atoms with E-state index in [1.807, 2.05) is 20.8 Å². The lowest BCUT2D eigenvalue weighted by molar-refractivity contribution is 0.0151. The maximum atomic E-state index is 12.2. The Morgan fingerprint density at radius 2 is 1.00 bits per heavy atom. The van der Waals surface area contributed by atoms with Crippen LogP contribution < -0.4 is 16.2 Å². The first kappa shape index (κ1) is 41.8. The van der Waals surface area contributed by atoms with Crippen molar-refractivity contribution in [1.29, 1.82) is 0 Å². The molecule has 6 amide bonds. The topological polar surface area (TPSA) is 241 Å². The van der Waals surface area contributed by atoms with Gasteiger partial charge in [0.1, 0.15) is 17.0 Å². The largest absolute Gasteiger partial charge is 0.506 e. The number of hydrogen-bond donors (Lipinski definition) is 3. The highest BCUT2D eigenvalue weighted by Crippen LogP contribution is 2.16. The molecule has 280 valence electrons. The highest BCUT2D eigenvalue weighted by molar-refractivity contribution is 6.62. The maximum absolute atomic E-state index is 12.2. The molecule has 2 saturated heterocycles. The van der Waals surface area contributed by atoms with Crippen molar-refractivity contribution < 1.29 is 48.1 Å². The maximum Gasteiger partial charge on any atom is 0.415 e. The number of nitrogens with two attached hydrogens (primary N) is 2. The molecule has 2 aliphatic rings. The van der Waals surface area contributed by atoms with Gasteiger partial charge in [0.05, 0.1) is 23.5 Å². The minimum absolute atomic E-state index is 0.0590. The summed E-state index contributed by atoms with van der Waals surface area (Å²) in [5.74, 6) is -1.17. The second kappa shape index (κ2) is 18.6. The van der Waals surface area contributed by atoms with Crippen molar-refractivity contribution in [2.75, 3.05) is 52.4 Å². The Morgan fingerprint density at radius 3 is 1.35 bits per heavy atom. The number of aromatic hydroxyl groups is 1. The zero-order valence-electron chi connectivity index (χ0n) is 29.5. The summed E-state index contributed by atoms with van der Waals surface area (Å²) in [6, 6.07) is 2.61. The number of piperazine rings is 2. The van der Waals surface area contributed by atoms with Crippen molar-refractivity contribution in [2.45, 2.75) is 52.7 Å². The minimum Gasteiger partial charge on any atom is -0.506 e. The lowest BCUT2D eigenvalue weighted by atomic mass is 10.2. The smallest absolute Gasteiger partial charge is 0.415 e. The van der Waals surface area contributed by atoms with Gasteiger partial charge in [0.25, 0.3) is 0 Å². The van der Waals surface area contributed by atoms with E-state index in [-0.39, 0.29) is 28.7 Å². The van der Waals surface area contributed by atoms with Crippen LogP contribution in [0.15, 0.2) is 36.9 Å². The summed E-state index contributed by atoms with van der Waals surface area (Å²) in [5.41, 5.74) is 9.36. The predicted octanol–water partition coefficient (Wildman–Crippen LogP) is 3.02. The Labute approximate surface area is 300 Å². The molecule has 0 aromatic carbocycles. The number of ether oxygens (including phenoxy) is 3. The van der Waals surface area contributed by atoms with Crippen molar-refractivity contribution in [1.82, 2.24) is 29.6 Å². The van der Waals surface area contributed by atoms with Crippen molar-refractivity contribution in [3.05, 3.63) is 48.0 Å². The molecular weight excluding hydrogens is 692 g/mol. The van der Waals surface area contributed by atoms with Gasteiger partial charge in [-0.2, -0.15) is 0 Å². The molecule has 0 unspecified atom stereocenters. The highest BCUT2D eigenvalue weighted by Gasteiger charge is 2.29. The standard InChI is InChI=1S/C16H22N4O5.C10H17ClN2O3.C6H6N2O2/c1-16(2,3)25-15(23)20-6-4-19(5-7-20)14(22)24-12-8-11(13(17)21)9-18-10-12;1-10(2,3)16-9(15)13-6-4-12(5-7-13)8(11)14;7-6(10)4-1-5(9)3-8-2-4/h8-10H,4-7H2,1-3H3,(H2,17,21);4-7H2,1-3H3;1-3,9H,(H2,7,10). The summed E-state index contributed by atoms with van der Waals surface area (Å²) in [6.45, 7) is 14.1. The van der Waals surface area contributed by atoms with Crippen molar-refractivity contribution in [2.24, 2.45) is 11.5 Å². The Bertz CT molecular complexity index is 1550. The third-order valence-electron chi connectivity index (χ3n) is 6.58. The molecule has 0 atom stereocenters. The quantitative estimate of drug-likeness (QED) is 0.304. The monoisotopic (exact) mass is 736 g/mol. The van der Waals surface area contributed by atoms with Crippen LogP contribution in [0.5, 0.6) is 11.5 Å². The molecule has 0 saturated carbocycles. The van der Waals surface area contributed by atoms with Gasteiger partial charge in [-0.25, -0.2) is 14.4 Å². The van der Waals surface area contributed by atoms with Crippen LogP contribution in [0.2, 0.25) is 0 Å². The molecule has 2 aliphatic heterocycles. The van der Waals surface area contributed by atoms with Gasteiger partial charge in [-0.15, -0.1) is 0 Å². The predicted molar refractivity (Wildman–Crippen MR) is 183 cm³/mol. The van der Waals surface area contributed by atoms with Gasteiger partial charge in [-0.05, 0) is 65.3 Å². The first-order chi connectivity index (χ1) is 23.6. The molecule has 2 aromatic heterocycles. The Morgan fingerprint density at radius 1 is 0.627 bits per heavy atom. The van der Waals surface area contributed by atoms with E-state index in [9.17, 15) is 28.8 Å². The minimum atomic E-state index is -0.656. The Kier molecular flexibility index (Phi) is 15.2. The van der Waals surface area contributed by atoms with E-state index in [0.29, 0.717) is 52.4 Å². The average molecular weight is 737 g/mol. The van der Waals surface area contributed by atoms with E-state index >= 15 is 0 Å². The Hall–Kier alpha value is -5.39. The number of carbonyl (C=O) groups excluding carboxylic acids is 6. The fraction of sp³-hybridized carbons (Fsp3) is 0.500. The second-order valence-corrected chi connectivity index (χ2v) is 13.4. The van der Waals surface area contributed by atoms with E-state index in [1.165, 1.54) is 46.7 Å². The van der Waals surface area contributed by atoms with Gasteiger partial charge in [0, 0.05) is 64.8 Å². The van der Waals surface area contributed by atoms with Gasteiger partial charge in [0.15, 0.2) is 5.75 Å². The molecule has 0 radical (unpaired) electrons. The average Bonchev–Trinajstić information content (AvgIpc) is 3.04. The molecule has 19 heteroatoms. The second-order valence-electron chi connectivity index (χ2n) is 13.1. The lowest BCUT2D eigenvalue weighted by Gasteiger charge is -2.34. The fourth-order valence-corrected chi connectivity index (χ4v) is 4.30. The number of aromatic nitrogens is 2. The molecular formula is C32H45ClN8O10. The molecule has 51 heavy (non-hydrogen) atoms. The number of carbonyl (C=O) groups is 6. The number of pyridine rings is 2. The van der Waals surface area contributed by atoms with E-state index in [4.69, 9.17) is 42.4 Å². The highest BCUT2D eigenvalue weighted by atomic mass is 35.5. The third kappa shape index (κ3) is 15.4. The van der Waals surface area contributed by atoms with Crippen LogP contribution in [-0.2, 0) is 9.47 Å². The van der Waals surface area contributed by atoms with Crippen LogP contribution in [0, 0.1) is 0 Å². The zero-order chi connectivity index (χ0) is 38.5. The molecule has 0 aliphatic carbocycles. The van der Waals surface area contributed by atoms with E-state index in [2.05, 4.69) is 9.97 Å². The molecule has 2 fully saturated rings. The number of rotatable bonds is 3. The van der Waals surface area contributed by atoms with Crippen LogP contribution in [0.4, 0.5) is 19.2 Å². The van der Waals surface area contributed by atoms with Crippen LogP contribution in [-0.4, -0.2) is 134 Å². The van der Waals surface area contributed by atoms with Gasteiger partial charge < -0.3 is 50.4 Å². The molecule has 18 nitrogen and oxygen atoms in total. The Balaban J connectivity index is 0.000000295. The summed E-state index contributed by atoms with van der Waals surface area (Å²) < 4.78 is 15.7. The number of nitrogens with zero attached hydrogens (tertiary/aromatic N) is 6.